The summed E-state index contributed by atoms with van der Waals surface area (Å²) in [4.78, 5) is 16.7. The number of anilines is 1. The van der Waals surface area contributed by atoms with Crippen LogP contribution in [0.3, 0.4) is 0 Å². The van der Waals surface area contributed by atoms with Crippen LogP contribution in [-0.2, 0) is 14.8 Å². The molecule has 0 spiro atoms. The maximum Gasteiger partial charge on any atom is 0.295 e. The summed E-state index contributed by atoms with van der Waals surface area (Å²) < 4.78 is 34.1. The van der Waals surface area contributed by atoms with Gasteiger partial charge >= 0.3 is 0 Å². The summed E-state index contributed by atoms with van der Waals surface area (Å²) in [7, 11) is -3.76. The van der Waals surface area contributed by atoms with E-state index >= 15 is 0 Å². The number of ether oxygens (including phenoxy) is 1. The van der Waals surface area contributed by atoms with E-state index < -0.39 is 10.0 Å². The predicted octanol–water partition coefficient (Wildman–Crippen LogP) is 3.31. The van der Waals surface area contributed by atoms with Gasteiger partial charge in [0.1, 0.15) is 5.84 Å². The lowest BCUT2D eigenvalue weighted by Gasteiger charge is -2.11. The third-order valence-corrected chi connectivity index (χ3v) is 7.43. The van der Waals surface area contributed by atoms with Gasteiger partial charge in [0.15, 0.2) is 4.34 Å². The van der Waals surface area contributed by atoms with Crippen LogP contribution in [0.1, 0.15) is 39.5 Å². The van der Waals surface area contributed by atoms with Crippen molar-refractivity contribution in [3.63, 3.8) is 0 Å². The summed E-state index contributed by atoms with van der Waals surface area (Å²) >= 11 is 2.51. The largest absolute Gasteiger partial charge is 0.466 e. The Hall–Kier alpha value is -2.18. The Morgan fingerprint density at radius 1 is 1.26 bits per heavy atom. The summed E-state index contributed by atoms with van der Waals surface area (Å²) in [5.74, 6) is 0.325. The third kappa shape index (κ3) is 7.47. The van der Waals surface area contributed by atoms with Crippen molar-refractivity contribution >= 4 is 50.6 Å². The molecule has 12 heteroatoms. The van der Waals surface area contributed by atoms with Crippen LogP contribution in [0.25, 0.3) is 0 Å². The highest BCUT2D eigenvalue weighted by Crippen LogP contribution is 2.27. The van der Waals surface area contributed by atoms with Crippen LogP contribution in [0.4, 0.5) is 5.69 Å². The number of rotatable bonds is 8. The van der Waals surface area contributed by atoms with Crippen LogP contribution in [-0.4, -0.2) is 48.8 Å². The molecule has 2 heterocycles. The highest BCUT2D eigenvalue weighted by atomic mass is 32.2. The zero-order valence-corrected chi connectivity index (χ0v) is 19.8. The van der Waals surface area contributed by atoms with E-state index in [2.05, 4.69) is 25.2 Å². The summed E-state index contributed by atoms with van der Waals surface area (Å²) in [6.45, 7) is 4.43. The van der Waals surface area contributed by atoms with Crippen molar-refractivity contribution in [3.8, 4) is 5.19 Å². The van der Waals surface area contributed by atoms with Gasteiger partial charge in [-0.05, 0) is 56.2 Å². The number of carbonyl (C=O) groups excluding carboxylic acids is 1. The molecule has 3 rings (SSSR count). The van der Waals surface area contributed by atoms with Gasteiger partial charge in [-0.15, -0.1) is 5.10 Å². The van der Waals surface area contributed by atoms with Crippen LogP contribution in [0.5, 0.6) is 5.19 Å². The van der Waals surface area contributed by atoms with Crippen molar-refractivity contribution in [2.24, 2.45) is 4.99 Å². The topological polar surface area (TPSA) is 123 Å². The van der Waals surface area contributed by atoms with E-state index in [-0.39, 0.29) is 22.7 Å². The van der Waals surface area contributed by atoms with Crippen molar-refractivity contribution in [2.75, 3.05) is 17.6 Å². The number of carbonyl (C=O) groups is 1. The Kier molecular flexibility index (Phi) is 8.27. The summed E-state index contributed by atoms with van der Waals surface area (Å²) in [5.41, 5.74) is 0.400. The van der Waals surface area contributed by atoms with Crippen molar-refractivity contribution in [1.82, 2.24) is 14.9 Å². The lowest BCUT2D eigenvalue weighted by atomic mass is 10.2. The van der Waals surface area contributed by atoms with Gasteiger partial charge in [-0.3, -0.25) is 14.5 Å². The number of thioether (sulfide) groups is 1. The van der Waals surface area contributed by atoms with Crippen LogP contribution >= 0.6 is 23.1 Å². The first kappa shape index (κ1) is 23.5. The molecule has 0 saturated carbocycles. The van der Waals surface area contributed by atoms with Gasteiger partial charge in [0.2, 0.25) is 5.91 Å². The molecule has 0 radical (unpaired) electrons. The maximum absolute atomic E-state index is 12.7. The fourth-order valence-corrected chi connectivity index (χ4v) is 5.48. The Morgan fingerprint density at radius 2 is 2.10 bits per heavy atom. The number of benzene rings is 1. The van der Waals surface area contributed by atoms with Crippen molar-refractivity contribution in [2.45, 2.75) is 54.9 Å². The smallest absolute Gasteiger partial charge is 0.295 e. The molecule has 9 nitrogen and oxygen atoms in total. The van der Waals surface area contributed by atoms with E-state index in [9.17, 15) is 13.2 Å². The average Bonchev–Trinajstić information content (AvgIpc) is 2.99. The fourth-order valence-electron chi connectivity index (χ4n) is 2.74. The second-order valence-electron chi connectivity index (χ2n) is 7.11. The Balaban J connectivity index is 1.57. The standard InChI is InChI=1S/C19H25N5O4S3/c1-13(2)28-18-22-23-19(30-18)29-12-17(25)21-14-7-6-8-15(11-14)31(26,27)24-16-9-4-3-5-10-20-16/h6-8,11,13H,3-5,9-10,12H2,1-2H3,(H,20,24)(H,21,25). The van der Waals surface area contributed by atoms with Gasteiger partial charge in [0.25, 0.3) is 15.2 Å². The minimum Gasteiger partial charge on any atom is -0.466 e. The molecule has 0 aliphatic carbocycles. The second-order valence-corrected chi connectivity index (χ2v) is 11.0. The fraction of sp³-hybridized carbons (Fsp3) is 0.474. The average molecular weight is 484 g/mol. The molecule has 1 aromatic carbocycles. The number of nitrogens with one attached hydrogen (secondary N) is 2. The van der Waals surface area contributed by atoms with E-state index in [0.29, 0.717) is 34.0 Å². The van der Waals surface area contributed by atoms with Gasteiger partial charge in [-0.1, -0.05) is 29.3 Å². The highest BCUT2D eigenvalue weighted by Gasteiger charge is 2.18. The number of aromatic nitrogens is 2. The minimum absolute atomic E-state index is 0.00164. The third-order valence-electron chi connectivity index (χ3n) is 4.11. The number of hydrogen-bond donors (Lipinski definition) is 2. The first-order valence-electron chi connectivity index (χ1n) is 9.91. The molecule has 1 amide bonds. The molecule has 2 aromatic rings. The summed E-state index contributed by atoms with van der Waals surface area (Å²) in [6.07, 6.45) is 3.53. The number of nitrogens with zero attached hydrogens (tertiary/aromatic N) is 3. The van der Waals surface area contributed by atoms with Gasteiger partial charge in [0.05, 0.1) is 16.8 Å². The van der Waals surface area contributed by atoms with Crippen LogP contribution < -0.4 is 14.8 Å². The van der Waals surface area contributed by atoms with Crippen LogP contribution in [0.15, 0.2) is 38.5 Å². The quantitative estimate of drug-likeness (QED) is 0.552. The zero-order chi connectivity index (χ0) is 22.3. The van der Waals surface area contributed by atoms with Crippen LogP contribution in [0.2, 0.25) is 0 Å². The van der Waals surface area contributed by atoms with E-state index in [1.165, 1.54) is 35.2 Å². The Bertz CT molecular complexity index is 1040. The molecule has 0 atom stereocenters. The van der Waals surface area contributed by atoms with Gasteiger partial charge < -0.3 is 10.1 Å². The Labute approximate surface area is 190 Å². The lowest BCUT2D eigenvalue weighted by molar-refractivity contribution is -0.113. The van der Waals surface area contributed by atoms with Gasteiger partial charge in [0, 0.05) is 18.7 Å². The molecule has 0 bridgehead atoms. The highest BCUT2D eigenvalue weighted by molar-refractivity contribution is 8.01. The first-order chi connectivity index (χ1) is 14.8. The molecular weight excluding hydrogens is 458 g/mol. The molecule has 1 aliphatic rings. The number of aliphatic imine (C=N–C) groups is 1. The van der Waals surface area contributed by atoms with Gasteiger partial charge in [-0.2, -0.15) is 0 Å². The predicted molar refractivity (Wildman–Crippen MR) is 123 cm³/mol. The molecule has 0 unspecified atom stereocenters. The lowest BCUT2D eigenvalue weighted by Crippen LogP contribution is -2.30. The number of sulfonamides is 1. The van der Waals surface area contributed by atoms with Crippen molar-refractivity contribution < 1.29 is 17.9 Å². The van der Waals surface area contributed by atoms with E-state index in [4.69, 9.17) is 4.74 Å². The van der Waals surface area contributed by atoms with E-state index in [1.807, 2.05) is 13.8 Å². The molecule has 1 aliphatic heterocycles. The molecule has 0 saturated heterocycles. The second kappa shape index (κ2) is 10.9. The molecular formula is C19H25N5O4S3. The maximum atomic E-state index is 12.7. The summed E-state index contributed by atoms with van der Waals surface area (Å²) in [6, 6.07) is 6.15. The first-order valence-corrected chi connectivity index (χ1v) is 13.2. The normalized spacial score (nSPS) is 14.6. The number of amides is 1. The minimum atomic E-state index is -3.76. The molecule has 31 heavy (non-hydrogen) atoms. The van der Waals surface area contributed by atoms with Crippen LogP contribution in [0, 0.1) is 0 Å². The zero-order valence-electron chi connectivity index (χ0n) is 17.3. The Morgan fingerprint density at radius 3 is 2.90 bits per heavy atom. The number of amidine groups is 1. The monoisotopic (exact) mass is 483 g/mol. The summed E-state index contributed by atoms with van der Waals surface area (Å²) in [5, 5.41) is 11.1. The van der Waals surface area contributed by atoms with E-state index in [1.54, 1.807) is 12.1 Å². The van der Waals surface area contributed by atoms with Gasteiger partial charge in [-0.25, -0.2) is 8.42 Å². The molecule has 1 aromatic heterocycles. The number of hydrogen-bond acceptors (Lipinski definition) is 9. The van der Waals surface area contributed by atoms with E-state index in [0.717, 1.165) is 19.3 Å². The van der Waals surface area contributed by atoms with Crippen molar-refractivity contribution in [1.29, 1.82) is 0 Å². The van der Waals surface area contributed by atoms with Crippen molar-refractivity contribution in [3.05, 3.63) is 24.3 Å². The SMILES string of the molecule is CC(C)Oc1nnc(SCC(=O)Nc2cccc(S(=O)(=O)NC3=NCCCCC3)c2)s1. The molecule has 2 N–H and O–H groups in total. The molecule has 168 valence electrons. The molecule has 0 fully saturated rings.